The van der Waals surface area contributed by atoms with Crippen molar-refractivity contribution in [2.75, 3.05) is 40.4 Å². The lowest BCUT2D eigenvalue weighted by Gasteiger charge is -2.40. The number of benzene rings is 2. The van der Waals surface area contributed by atoms with Gasteiger partial charge in [-0.25, -0.2) is 23.5 Å². The standard InChI is InChI=1S/C24H32FN3O4.C19H24FN3O2/c1-17(18-6-8-19(25)9-7-18)28-16-26-15-20(28)14-24(21(29)31-5)10-12-27(13-11-24)22(30)32-23(2,3)4;1-14(15-3-5-16(20)6-4-15)23-13-22-12-17(23)11-19(18(24)25-2)7-9-21-10-8-19/h6-9,15-17H,10-14H2,1-5H3;3-6,12-14,21H,7-11H2,1-2H3/t17-;14-/m11/s1. The van der Waals surface area contributed by atoms with Gasteiger partial charge >= 0.3 is 18.0 Å². The first-order chi connectivity index (χ1) is 27.1. The monoisotopic (exact) mass is 790 g/mol. The topological polar surface area (TPSA) is 130 Å². The number of hydrogen-bond acceptors (Lipinski definition) is 9. The van der Waals surface area contributed by atoms with Crippen LogP contribution in [-0.4, -0.2) is 88.0 Å². The van der Waals surface area contributed by atoms with Crippen molar-refractivity contribution in [1.29, 1.82) is 0 Å². The summed E-state index contributed by atoms with van der Waals surface area (Å²) in [7, 11) is 2.84. The van der Waals surface area contributed by atoms with Gasteiger partial charge < -0.3 is 33.6 Å². The molecular formula is C43H56F2N6O6. The number of rotatable bonds is 10. The van der Waals surface area contributed by atoms with Crippen LogP contribution in [0.15, 0.2) is 73.6 Å². The molecule has 4 aromatic rings. The molecule has 2 aromatic carbocycles. The number of piperidine rings is 2. The number of hydrogen-bond donors (Lipinski definition) is 1. The molecule has 2 atom stereocenters. The SMILES string of the molecule is COC(=O)C1(Cc2cncn2[C@H](C)c2ccc(F)cc2)CCN(C(=O)OC(C)(C)C)CC1.COC(=O)C1(Cc2cncn2[C@H](C)c2ccc(F)cc2)CCNCC1. The van der Waals surface area contributed by atoms with Crippen LogP contribution in [-0.2, 0) is 36.6 Å². The zero-order valence-corrected chi connectivity index (χ0v) is 34.1. The lowest BCUT2D eigenvalue weighted by atomic mass is 9.74. The Morgan fingerprint density at radius 1 is 0.719 bits per heavy atom. The Labute approximate surface area is 333 Å². The zero-order valence-electron chi connectivity index (χ0n) is 34.1. The first-order valence-electron chi connectivity index (χ1n) is 19.5. The first-order valence-corrected chi connectivity index (χ1v) is 19.5. The molecule has 1 N–H and O–H groups in total. The third-order valence-electron chi connectivity index (χ3n) is 11.2. The van der Waals surface area contributed by atoms with E-state index in [2.05, 4.69) is 19.9 Å². The minimum atomic E-state index is -0.756. The Bertz CT molecular complexity index is 1940. The summed E-state index contributed by atoms with van der Waals surface area (Å²) in [5, 5.41) is 3.30. The fraction of sp³-hybridized carbons (Fsp3) is 0.512. The van der Waals surface area contributed by atoms with Gasteiger partial charge in [-0.15, -0.1) is 0 Å². The molecule has 2 aliphatic heterocycles. The summed E-state index contributed by atoms with van der Waals surface area (Å²) in [6, 6.07) is 12.8. The molecule has 0 spiro atoms. The number of aromatic nitrogens is 4. The number of carbonyl (C=O) groups excluding carboxylic acids is 3. The van der Waals surface area contributed by atoms with Gasteiger partial charge in [0.2, 0.25) is 0 Å². The van der Waals surface area contributed by atoms with Crippen molar-refractivity contribution in [2.45, 2.75) is 90.8 Å². The fourth-order valence-electron chi connectivity index (χ4n) is 7.82. The fourth-order valence-corrected chi connectivity index (χ4v) is 7.82. The maximum Gasteiger partial charge on any atom is 0.410 e. The molecule has 12 nitrogen and oxygen atoms in total. The molecule has 2 saturated heterocycles. The van der Waals surface area contributed by atoms with Gasteiger partial charge in [0, 0.05) is 49.7 Å². The second kappa shape index (κ2) is 18.4. The summed E-state index contributed by atoms with van der Waals surface area (Å²) in [6.07, 6.45) is 10.2. The Balaban J connectivity index is 0.000000224. The van der Waals surface area contributed by atoms with Crippen LogP contribution in [0.1, 0.15) is 94.9 Å². The molecule has 4 heterocycles. The third-order valence-corrected chi connectivity index (χ3v) is 11.2. The minimum absolute atomic E-state index is 0.00881. The highest BCUT2D eigenvalue weighted by atomic mass is 19.1. The second-order valence-electron chi connectivity index (χ2n) is 16.2. The number of amides is 1. The van der Waals surface area contributed by atoms with Gasteiger partial charge in [0.1, 0.15) is 17.2 Å². The molecule has 1 amide bonds. The highest BCUT2D eigenvalue weighted by Crippen LogP contribution is 2.38. The summed E-state index contributed by atoms with van der Waals surface area (Å²) >= 11 is 0. The van der Waals surface area contributed by atoms with E-state index in [0.717, 1.165) is 48.4 Å². The van der Waals surface area contributed by atoms with Crippen LogP contribution < -0.4 is 5.32 Å². The van der Waals surface area contributed by atoms with E-state index in [0.29, 0.717) is 38.8 Å². The highest BCUT2D eigenvalue weighted by molar-refractivity contribution is 5.78. The molecule has 0 saturated carbocycles. The number of carbonyl (C=O) groups is 3. The third kappa shape index (κ3) is 10.4. The Kier molecular flexibility index (Phi) is 13.9. The van der Waals surface area contributed by atoms with Crippen LogP contribution >= 0.6 is 0 Å². The molecule has 0 radical (unpaired) electrons. The molecule has 308 valence electrons. The largest absolute Gasteiger partial charge is 0.469 e. The van der Waals surface area contributed by atoms with Crippen molar-refractivity contribution < 1.29 is 37.4 Å². The van der Waals surface area contributed by atoms with E-state index in [4.69, 9.17) is 14.2 Å². The average molecular weight is 791 g/mol. The normalized spacial score (nSPS) is 17.4. The van der Waals surface area contributed by atoms with Gasteiger partial charge in [0.25, 0.3) is 0 Å². The van der Waals surface area contributed by atoms with Gasteiger partial charge in [-0.05, 0) is 109 Å². The second-order valence-corrected chi connectivity index (χ2v) is 16.2. The average Bonchev–Trinajstić information content (AvgIpc) is 3.87. The molecule has 14 heteroatoms. The number of esters is 2. The van der Waals surface area contributed by atoms with Crippen molar-refractivity contribution >= 4 is 18.0 Å². The first kappa shape index (κ1) is 43.0. The van der Waals surface area contributed by atoms with Crippen LogP contribution in [0.3, 0.4) is 0 Å². The van der Waals surface area contributed by atoms with E-state index in [1.54, 1.807) is 48.0 Å². The minimum Gasteiger partial charge on any atom is -0.469 e. The molecular weight excluding hydrogens is 735 g/mol. The van der Waals surface area contributed by atoms with Crippen LogP contribution in [0.25, 0.3) is 0 Å². The Hall–Kier alpha value is -5.11. The summed E-state index contributed by atoms with van der Waals surface area (Å²) in [4.78, 5) is 48.1. The summed E-state index contributed by atoms with van der Waals surface area (Å²) in [5.41, 5.74) is 1.97. The van der Waals surface area contributed by atoms with Gasteiger partial charge in [-0.2, -0.15) is 0 Å². The van der Waals surface area contributed by atoms with Crippen molar-refractivity contribution in [3.8, 4) is 0 Å². The number of imidazole rings is 2. The van der Waals surface area contributed by atoms with E-state index in [9.17, 15) is 23.2 Å². The van der Waals surface area contributed by atoms with Crippen molar-refractivity contribution in [3.05, 3.63) is 108 Å². The smallest absolute Gasteiger partial charge is 0.410 e. The van der Waals surface area contributed by atoms with Crippen LogP contribution in [0.5, 0.6) is 0 Å². The van der Waals surface area contributed by atoms with Crippen molar-refractivity contribution in [2.24, 2.45) is 10.8 Å². The molecule has 6 rings (SSSR count). The molecule has 0 unspecified atom stereocenters. The van der Waals surface area contributed by atoms with Gasteiger partial charge in [0.15, 0.2) is 0 Å². The molecule has 2 fully saturated rings. The predicted octanol–water partition coefficient (Wildman–Crippen LogP) is 7.08. The summed E-state index contributed by atoms with van der Waals surface area (Å²) < 4.78 is 46.3. The Morgan fingerprint density at radius 3 is 1.51 bits per heavy atom. The van der Waals surface area contributed by atoms with Gasteiger partial charge in [-0.1, -0.05) is 24.3 Å². The Morgan fingerprint density at radius 2 is 1.12 bits per heavy atom. The van der Waals surface area contributed by atoms with E-state index >= 15 is 0 Å². The van der Waals surface area contributed by atoms with Crippen molar-refractivity contribution in [1.82, 2.24) is 29.3 Å². The van der Waals surface area contributed by atoms with E-state index in [1.807, 2.05) is 45.4 Å². The van der Waals surface area contributed by atoms with Crippen LogP contribution in [0.4, 0.5) is 13.6 Å². The number of nitrogens with one attached hydrogen (secondary N) is 1. The number of nitrogens with zero attached hydrogens (tertiary/aromatic N) is 5. The summed E-state index contributed by atoms with van der Waals surface area (Å²) in [6.45, 7) is 12.0. The lowest BCUT2D eigenvalue weighted by Crippen LogP contribution is -2.49. The molecule has 0 bridgehead atoms. The quantitative estimate of drug-likeness (QED) is 0.132. The number of halogens is 2. The van der Waals surface area contributed by atoms with E-state index in [-0.39, 0.29) is 41.7 Å². The van der Waals surface area contributed by atoms with E-state index < -0.39 is 16.4 Å². The predicted molar refractivity (Wildman–Crippen MR) is 210 cm³/mol. The number of methoxy groups -OCH3 is 2. The van der Waals surface area contributed by atoms with Gasteiger partial charge in [0.05, 0.1) is 49.8 Å². The maximum absolute atomic E-state index is 13.3. The summed E-state index contributed by atoms with van der Waals surface area (Å²) in [5.74, 6) is -0.978. The van der Waals surface area contributed by atoms with Crippen LogP contribution in [0, 0.1) is 22.5 Å². The maximum atomic E-state index is 13.3. The molecule has 2 aromatic heterocycles. The van der Waals surface area contributed by atoms with E-state index in [1.165, 1.54) is 38.5 Å². The molecule has 2 aliphatic rings. The molecule has 0 aliphatic carbocycles. The van der Waals surface area contributed by atoms with Crippen molar-refractivity contribution in [3.63, 3.8) is 0 Å². The lowest BCUT2D eigenvalue weighted by molar-refractivity contribution is -0.156. The zero-order chi connectivity index (χ0) is 41.4. The van der Waals surface area contributed by atoms with Crippen LogP contribution in [0.2, 0.25) is 0 Å². The highest BCUT2D eigenvalue weighted by Gasteiger charge is 2.45. The number of ether oxygens (including phenoxy) is 3. The number of likely N-dealkylation sites (tertiary alicyclic amines) is 1. The molecule has 57 heavy (non-hydrogen) atoms. The van der Waals surface area contributed by atoms with Gasteiger partial charge in [-0.3, -0.25) is 9.59 Å².